The molecule has 2 rings (SSSR count). The number of nitrogens with zero attached hydrogens (tertiary/aromatic N) is 2. The van der Waals surface area contributed by atoms with Gasteiger partial charge in [0.15, 0.2) is 0 Å². The van der Waals surface area contributed by atoms with Gasteiger partial charge >= 0.3 is 0 Å². The number of aryl methyl sites for hydroxylation is 2. The summed E-state index contributed by atoms with van der Waals surface area (Å²) in [6, 6.07) is 6.01. The van der Waals surface area contributed by atoms with Crippen LogP contribution in [-0.4, -0.2) is 12.0 Å². The summed E-state index contributed by atoms with van der Waals surface area (Å²) in [5, 5.41) is 10.4. The fourth-order valence-electron chi connectivity index (χ4n) is 1.72. The lowest BCUT2D eigenvalue weighted by molar-refractivity contribution is 0.668. The summed E-state index contributed by atoms with van der Waals surface area (Å²) in [5.41, 5.74) is 2.74. The molecular weight excluding hydrogens is 186 g/mol. The molecule has 0 saturated carbocycles. The van der Waals surface area contributed by atoms with Crippen LogP contribution in [-0.2, 0) is 12.8 Å². The zero-order valence-electron chi connectivity index (χ0n) is 9.38. The van der Waals surface area contributed by atoms with Gasteiger partial charge in [-0.3, -0.25) is 0 Å². The number of fused-ring (bicyclic) bond motifs is 1. The van der Waals surface area contributed by atoms with Crippen LogP contribution in [0.4, 0.5) is 5.82 Å². The highest BCUT2D eigenvalue weighted by Crippen LogP contribution is 2.20. The number of aromatic nitrogens is 1. The summed E-state index contributed by atoms with van der Waals surface area (Å²) in [6.45, 7) is 1.43. The molecule has 0 saturated heterocycles. The summed E-state index contributed by atoms with van der Waals surface area (Å²) in [4.78, 5) is 4.52. The van der Waals surface area contributed by atoms with E-state index in [2.05, 4.69) is 22.4 Å². The Labute approximate surface area is 91.1 Å². The first kappa shape index (κ1) is 11.5. The van der Waals surface area contributed by atoms with Crippen LogP contribution in [0, 0.1) is 11.3 Å². The standard InChI is InChI=1S/C10H14N2.C2H3N/c1-11-10-7-6-8-4-2-3-5-9(8)12-10;1-2-3/h6-7H,2-5H2,1H3,(H,11,12);1H3. The maximum absolute atomic E-state index is 7.32. The van der Waals surface area contributed by atoms with Gasteiger partial charge in [0.05, 0.1) is 6.07 Å². The number of nitriles is 1. The molecule has 0 radical (unpaired) electrons. The minimum atomic E-state index is 0.996. The Morgan fingerprint density at radius 3 is 2.67 bits per heavy atom. The molecule has 0 atom stereocenters. The van der Waals surface area contributed by atoms with Crippen molar-refractivity contribution in [1.29, 1.82) is 5.26 Å². The van der Waals surface area contributed by atoms with Gasteiger partial charge in [-0.05, 0) is 37.3 Å². The normalized spacial score (nSPS) is 12.9. The quantitative estimate of drug-likeness (QED) is 0.763. The molecule has 80 valence electrons. The van der Waals surface area contributed by atoms with Crippen LogP contribution in [0.5, 0.6) is 0 Å². The first-order chi connectivity index (χ1) is 7.31. The molecule has 0 fully saturated rings. The fraction of sp³-hybridized carbons (Fsp3) is 0.500. The highest BCUT2D eigenvalue weighted by Gasteiger charge is 2.09. The van der Waals surface area contributed by atoms with Crippen molar-refractivity contribution in [3.05, 3.63) is 23.4 Å². The number of rotatable bonds is 1. The lowest BCUT2D eigenvalue weighted by Gasteiger charge is -2.14. The van der Waals surface area contributed by atoms with Crippen molar-refractivity contribution in [3.8, 4) is 6.07 Å². The monoisotopic (exact) mass is 203 g/mol. The minimum Gasteiger partial charge on any atom is -0.373 e. The van der Waals surface area contributed by atoms with E-state index in [1.165, 1.54) is 37.4 Å². The number of pyridine rings is 1. The molecule has 1 aromatic heterocycles. The lowest BCUT2D eigenvalue weighted by atomic mass is 9.96. The molecule has 1 aliphatic carbocycles. The van der Waals surface area contributed by atoms with E-state index in [-0.39, 0.29) is 0 Å². The van der Waals surface area contributed by atoms with Crippen molar-refractivity contribution in [1.82, 2.24) is 4.98 Å². The molecule has 0 spiro atoms. The van der Waals surface area contributed by atoms with Gasteiger partial charge in [-0.2, -0.15) is 5.26 Å². The minimum absolute atomic E-state index is 0.996. The Balaban J connectivity index is 0.000000337. The maximum Gasteiger partial charge on any atom is 0.125 e. The third kappa shape index (κ3) is 3.25. The summed E-state index contributed by atoms with van der Waals surface area (Å²) in [7, 11) is 1.91. The van der Waals surface area contributed by atoms with Crippen LogP contribution < -0.4 is 5.32 Å². The number of nitrogens with one attached hydrogen (secondary N) is 1. The van der Waals surface area contributed by atoms with Crippen LogP contribution >= 0.6 is 0 Å². The first-order valence-corrected chi connectivity index (χ1v) is 5.29. The first-order valence-electron chi connectivity index (χ1n) is 5.29. The van der Waals surface area contributed by atoms with Crippen LogP contribution in [0.1, 0.15) is 31.0 Å². The topological polar surface area (TPSA) is 48.7 Å². The van der Waals surface area contributed by atoms with Crippen molar-refractivity contribution in [2.45, 2.75) is 32.6 Å². The van der Waals surface area contributed by atoms with Crippen LogP contribution in [0.25, 0.3) is 0 Å². The third-order valence-electron chi connectivity index (χ3n) is 2.43. The third-order valence-corrected chi connectivity index (χ3v) is 2.43. The predicted molar refractivity (Wildman–Crippen MR) is 61.7 cm³/mol. The van der Waals surface area contributed by atoms with E-state index in [4.69, 9.17) is 5.26 Å². The highest BCUT2D eigenvalue weighted by molar-refractivity contribution is 5.38. The molecule has 1 heterocycles. The van der Waals surface area contributed by atoms with Crippen molar-refractivity contribution in [2.24, 2.45) is 0 Å². The van der Waals surface area contributed by atoms with Gasteiger partial charge in [0.1, 0.15) is 5.82 Å². The molecule has 3 nitrogen and oxygen atoms in total. The van der Waals surface area contributed by atoms with Crippen molar-refractivity contribution < 1.29 is 0 Å². The average Bonchev–Trinajstić information content (AvgIpc) is 2.29. The summed E-state index contributed by atoms with van der Waals surface area (Å²) < 4.78 is 0. The zero-order valence-corrected chi connectivity index (χ0v) is 9.38. The van der Waals surface area contributed by atoms with Crippen LogP contribution in [0.15, 0.2) is 12.1 Å². The molecule has 0 aliphatic heterocycles. The Morgan fingerprint density at radius 2 is 2.00 bits per heavy atom. The fourth-order valence-corrected chi connectivity index (χ4v) is 1.72. The predicted octanol–water partition coefficient (Wildman–Crippen LogP) is 2.53. The second-order valence-corrected chi connectivity index (χ2v) is 3.48. The SMILES string of the molecule is CC#N.CNc1ccc2c(n1)CCCC2. The molecule has 0 amide bonds. The summed E-state index contributed by atoms with van der Waals surface area (Å²) in [6.07, 6.45) is 5.00. The van der Waals surface area contributed by atoms with Gasteiger partial charge in [0.25, 0.3) is 0 Å². The molecule has 0 bridgehead atoms. The summed E-state index contributed by atoms with van der Waals surface area (Å²) in [5.74, 6) is 0.996. The van der Waals surface area contributed by atoms with E-state index in [1.54, 1.807) is 6.07 Å². The smallest absolute Gasteiger partial charge is 0.125 e. The van der Waals surface area contributed by atoms with Gasteiger partial charge < -0.3 is 5.32 Å². The molecule has 0 unspecified atom stereocenters. The van der Waals surface area contributed by atoms with Gasteiger partial charge in [-0.15, -0.1) is 0 Å². The Hall–Kier alpha value is -1.56. The lowest BCUT2D eigenvalue weighted by Crippen LogP contribution is -2.06. The Morgan fingerprint density at radius 1 is 1.33 bits per heavy atom. The zero-order chi connectivity index (χ0) is 11.1. The average molecular weight is 203 g/mol. The van der Waals surface area contributed by atoms with E-state index < -0.39 is 0 Å². The van der Waals surface area contributed by atoms with E-state index in [9.17, 15) is 0 Å². The van der Waals surface area contributed by atoms with Crippen molar-refractivity contribution >= 4 is 5.82 Å². The molecule has 1 aromatic rings. The van der Waals surface area contributed by atoms with Gasteiger partial charge in [-0.25, -0.2) is 4.98 Å². The molecular formula is C12H17N3. The molecule has 15 heavy (non-hydrogen) atoms. The van der Waals surface area contributed by atoms with E-state index >= 15 is 0 Å². The maximum atomic E-state index is 7.32. The van der Waals surface area contributed by atoms with Crippen LogP contribution in [0.3, 0.4) is 0 Å². The summed E-state index contributed by atoms with van der Waals surface area (Å²) >= 11 is 0. The second-order valence-electron chi connectivity index (χ2n) is 3.48. The van der Waals surface area contributed by atoms with Gasteiger partial charge in [-0.1, -0.05) is 6.07 Å². The van der Waals surface area contributed by atoms with E-state index in [0.717, 1.165) is 12.2 Å². The van der Waals surface area contributed by atoms with Crippen molar-refractivity contribution in [3.63, 3.8) is 0 Å². The highest BCUT2D eigenvalue weighted by atomic mass is 15.0. The van der Waals surface area contributed by atoms with Gasteiger partial charge in [0, 0.05) is 19.7 Å². The van der Waals surface area contributed by atoms with E-state index in [1.807, 2.05) is 7.05 Å². The van der Waals surface area contributed by atoms with Gasteiger partial charge in [0.2, 0.25) is 0 Å². The van der Waals surface area contributed by atoms with Crippen molar-refractivity contribution in [2.75, 3.05) is 12.4 Å². The number of hydrogen-bond acceptors (Lipinski definition) is 3. The molecule has 3 heteroatoms. The largest absolute Gasteiger partial charge is 0.373 e. The number of anilines is 1. The molecule has 1 aliphatic rings. The second kappa shape index (κ2) is 6.02. The van der Waals surface area contributed by atoms with E-state index in [0.29, 0.717) is 0 Å². The molecule has 1 N–H and O–H groups in total. The van der Waals surface area contributed by atoms with Crippen LogP contribution in [0.2, 0.25) is 0 Å². The Kier molecular flexibility index (Phi) is 4.62. The Bertz CT molecular complexity index is 352. The molecule has 0 aromatic carbocycles. The number of hydrogen-bond donors (Lipinski definition) is 1.